The molecule has 2 aromatic rings. The lowest BCUT2D eigenvalue weighted by Crippen LogP contribution is -2.37. The molecule has 0 amide bonds. The first kappa shape index (κ1) is 16.3. The maximum Gasteiger partial charge on any atom is 0.0603 e. The third-order valence-electron chi connectivity index (χ3n) is 4.52. The Balaban J connectivity index is 1.80. The van der Waals surface area contributed by atoms with Crippen LogP contribution in [0.5, 0.6) is 0 Å². The first-order chi connectivity index (χ1) is 11.1. The zero-order valence-corrected chi connectivity index (χ0v) is 14.8. The molecule has 0 spiro atoms. The van der Waals surface area contributed by atoms with Crippen molar-refractivity contribution in [1.29, 1.82) is 0 Å². The summed E-state index contributed by atoms with van der Waals surface area (Å²) in [7, 11) is -0.945. The quantitative estimate of drug-likeness (QED) is 0.824. The van der Waals surface area contributed by atoms with Crippen molar-refractivity contribution in [2.45, 2.75) is 4.90 Å². The van der Waals surface area contributed by atoms with E-state index in [0.717, 1.165) is 31.9 Å². The average molecular weight is 327 g/mol. The lowest BCUT2D eigenvalue weighted by Gasteiger charge is -2.45. The van der Waals surface area contributed by atoms with Crippen LogP contribution in [-0.4, -0.2) is 43.1 Å². The van der Waals surface area contributed by atoms with Crippen LogP contribution < -0.4 is 0 Å². The van der Waals surface area contributed by atoms with Gasteiger partial charge in [0.25, 0.3) is 0 Å². The highest BCUT2D eigenvalue weighted by atomic mass is 32.3. The number of rotatable bonds is 4. The fourth-order valence-electron chi connectivity index (χ4n) is 2.95. The van der Waals surface area contributed by atoms with Crippen molar-refractivity contribution in [3.63, 3.8) is 0 Å². The third kappa shape index (κ3) is 3.52. The van der Waals surface area contributed by atoms with Gasteiger partial charge in [-0.15, -0.1) is 0 Å². The topological polar surface area (TPSA) is 12.5 Å². The summed E-state index contributed by atoms with van der Waals surface area (Å²) in [6.07, 6.45) is 4.75. The van der Waals surface area contributed by atoms with Gasteiger partial charge in [0.1, 0.15) is 0 Å². The highest BCUT2D eigenvalue weighted by Crippen LogP contribution is 2.52. The molecule has 1 saturated heterocycles. The molecule has 0 aromatic heterocycles. The fourth-order valence-corrected chi connectivity index (χ4v) is 5.11. The largest absolute Gasteiger partial charge is 0.379 e. The lowest BCUT2D eigenvalue weighted by atomic mass is 10.00. The molecule has 1 aliphatic rings. The molecule has 0 bridgehead atoms. The molecule has 0 unspecified atom stereocenters. The smallest absolute Gasteiger partial charge is 0.0603 e. The van der Waals surface area contributed by atoms with Crippen LogP contribution in [0.25, 0.3) is 5.57 Å². The van der Waals surface area contributed by atoms with Crippen molar-refractivity contribution in [2.75, 3.05) is 38.8 Å². The summed E-state index contributed by atoms with van der Waals surface area (Å²) in [5.74, 6) is 0. The van der Waals surface area contributed by atoms with E-state index in [2.05, 4.69) is 71.9 Å². The second-order valence-electron chi connectivity index (χ2n) is 6.18. The number of ether oxygens (including phenoxy) is 1. The van der Waals surface area contributed by atoms with E-state index >= 15 is 0 Å². The minimum absolute atomic E-state index is 0.847. The number of hydrogen-bond acceptors (Lipinski definition) is 2. The van der Waals surface area contributed by atoms with Crippen molar-refractivity contribution in [1.82, 2.24) is 4.31 Å². The SMILES string of the molecule is C=C(c1ccccc1)c1ccc(S(C)(C)N2CCOCC2)cc1. The molecule has 0 atom stereocenters. The molecule has 2 aromatic carbocycles. The van der Waals surface area contributed by atoms with Gasteiger partial charge in [-0.3, -0.25) is 4.31 Å². The Morgan fingerprint density at radius 2 is 1.48 bits per heavy atom. The van der Waals surface area contributed by atoms with Gasteiger partial charge in [-0.25, -0.2) is 0 Å². The van der Waals surface area contributed by atoms with Gasteiger partial charge in [0.15, 0.2) is 0 Å². The lowest BCUT2D eigenvalue weighted by molar-refractivity contribution is 0.0757. The van der Waals surface area contributed by atoms with Crippen molar-refractivity contribution >= 4 is 15.8 Å². The summed E-state index contributed by atoms with van der Waals surface area (Å²) in [6, 6.07) is 19.3. The maximum atomic E-state index is 5.49. The molecule has 3 rings (SSSR count). The molecule has 1 fully saturated rings. The van der Waals surface area contributed by atoms with E-state index in [1.807, 2.05) is 6.07 Å². The van der Waals surface area contributed by atoms with Crippen LogP contribution in [0.15, 0.2) is 66.1 Å². The van der Waals surface area contributed by atoms with Gasteiger partial charge in [0.2, 0.25) is 0 Å². The molecule has 0 aliphatic carbocycles. The standard InChI is InChI=1S/C20H25NOS/c1-17(18-7-5-4-6-8-18)19-9-11-20(12-10-19)23(2,3)21-13-15-22-16-14-21/h4-12H,1,13-16H2,2-3H3. The first-order valence-corrected chi connectivity index (χ1v) is 10.4. The summed E-state index contributed by atoms with van der Waals surface area (Å²) < 4.78 is 8.07. The molecule has 2 nitrogen and oxygen atoms in total. The highest BCUT2D eigenvalue weighted by Gasteiger charge is 2.25. The van der Waals surface area contributed by atoms with Crippen LogP contribution in [0.2, 0.25) is 0 Å². The minimum atomic E-state index is -0.945. The number of hydrogen-bond donors (Lipinski definition) is 0. The van der Waals surface area contributed by atoms with Crippen molar-refractivity contribution in [3.8, 4) is 0 Å². The fraction of sp³-hybridized carbons (Fsp3) is 0.300. The minimum Gasteiger partial charge on any atom is -0.379 e. The Labute approximate surface area is 141 Å². The Hall–Kier alpha value is -1.55. The van der Waals surface area contributed by atoms with Gasteiger partial charge in [-0.1, -0.05) is 49.0 Å². The predicted molar refractivity (Wildman–Crippen MR) is 101 cm³/mol. The van der Waals surface area contributed by atoms with Crippen LogP contribution in [0.3, 0.4) is 0 Å². The van der Waals surface area contributed by atoms with E-state index < -0.39 is 10.2 Å². The zero-order valence-electron chi connectivity index (χ0n) is 14.0. The first-order valence-electron chi connectivity index (χ1n) is 8.00. The van der Waals surface area contributed by atoms with E-state index in [0.29, 0.717) is 0 Å². The number of nitrogens with zero attached hydrogens (tertiary/aromatic N) is 1. The molecular formula is C20H25NOS. The molecule has 0 radical (unpaired) electrons. The summed E-state index contributed by atoms with van der Waals surface area (Å²) in [4.78, 5) is 1.42. The van der Waals surface area contributed by atoms with Crippen molar-refractivity contribution in [3.05, 3.63) is 72.3 Å². The van der Waals surface area contributed by atoms with Crippen LogP contribution >= 0.6 is 10.2 Å². The summed E-state index contributed by atoms with van der Waals surface area (Å²) >= 11 is 0. The number of benzene rings is 2. The zero-order chi connectivity index (χ0) is 16.3. The Bertz CT molecular complexity index is 658. The van der Waals surface area contributed by atoms with Crippen molar-refractivity contribution in [2.24, 2.45) is 0 Å². The van der Waals surface area contributed by atoms with E-state index in [4.69, 9.17) is 4.74 Å². The van der Waals surface area contributed by atoms with Gasteiger partial charge < -0.3 is 4.74 Å². The van der Waals surface area contributed by atoms with Crippen molar-refractivity contribution < 1.29 is 4.74 Å². The van der Waals surface area contributed by atoms with Crippen LogP contribution in [0.1, 0.15) is 11.1 Å². The molecule has 3 heteroatoms. The normalized spacial score (nSPS) is 17.0. The number of morpholine rings is 1. The molecule has 1 heterocycles. The average Bonchev–Trinajstić information content (AvgIpc) is 2.63. The van der Waals surface area contributed by atoms with E-state index in [1.165, 1.54) is 16.0 Å². The highest BCUT2D eigenvalue weighted by molar-refractivity contribution is 8.30. The maximum absolute atomic E-state index is 5.49. The summed E-state index contributed by atoms with van der Waals surface area (Å²) in [5.41, 5.74) is 3.45. The molecule has 23 heavy (non-hydrogen) atoms. The molecular weight excluding hydrogens is 302 g/mol. The Kier molecular flexibility index (Phi) is 4.90. The monoisotopic (exact) mass is 327 g/mol. The van der Waals surface area contributed by atoms with Gasteiger partial charge in [-0.05, 0) is 41.3 Å². The Morgan fingerprint density at radius 1 is 0.913 bits per heavy atom. The molecule has 122 valence electrons. The summed E-state index contributed by atoms with van der Waals surface area (Å²) in [6.45, 7) is 8.01. The van der Waals surface area contributed by atoms with Crippen LogP contribution in [-0.2, 0) is 4.74 Å². The predicted octanol–water partition coefficient (Wildman–Crippen LogP) is 4.42. The van der Waals surface area contributed by atoms with E-state index in [-0.39, 0.29) is 0 Å². The van der Waals surface area contributed by atoms with Gasteiger partial charge in [-0.2, -0.15) is 10.2 Å². The molecule has 0 N–H and O–H groups in total. The molecule has 0 saturated carbocycles. The van der Waals surface area contributed by atoms with Gasteiger partial charge in [0, 0.05) is 18.0 Å². The van der Waals surface area contributed by atoms with Crippen LogP contribution in [0, 0.1) is 0 Å². The third-order valence-corrected chi connectivity index (χ3v) is 7.60. The molecule has 1 aliphatic heterocycles. The van der Waals surface area contributed by atoms with E-state index in [9.17, 15) is 0 Å². The summed E-state index contributed by atoms with van der Waals surface area (Å²) in [5, 5.41) is 0. The van der Waals surface area contributed by atoms with Gasteiger partial charge >= 0.3 is 0 Å². The Morgan fingerprint density at radius 3 is 2.09 bits per heavy atom. The second-order valence-corrected chi connectivity index (χ2v) is 9.72. The van der Waals surface area contributed by atoms with Gasteiger partial charge in [0.05, 0.1) is 13.2 Å². The second kappa shape index (κ2) is 6.91. The van der Waals surface area contributed by atoms with Crippen LogP contribution in [0.4, 0.5) is 0 Å². The van der Waals surface area contributed by atoms with E-state index in [1.54, 1.807) is 0 Å².